The maximum Gasteiger partial charge on any atom is 0.322 e. The summed E-state index contributed by atoms with van der Waals surface area (Å²) in [7, 11) is 0. The second-order valence-electron chi connectivity index (χ2n) is 5.16. The lowest BCUT2D eigenvalue weighted by Gasteiger charge is -2.21. The van der Waals surface area contributed by atoms with Gasteiger partial charge in [0.25, 0.3) is 0 Å². The number of rotatable bonds is 1. The average molecular weight is 277 g/mol. The molecule has 1 aliphatic carbocycles. The number of alkyl halides is 1. The van der Waals surface area contributed by atoms with Crippen LogP contribution in [0.1, 0.15) is 30.4 Å². The van der Waals surface area contributed by atoms with E-state index in [0.717, 1.165) is 25.0 Å². The third-order valence-corrected chi connectivity index (χ3v) is 4.14. The molecule has 100 valence electrons. The molecule has 4 heteroatoms. The fourth-order valence-electron chi connectivity index (χ4n) is 2.61. The van der Waals surface area contributed by atoms with Crippen LogP contribution in [0.15, 0.2) is 36.0 Å². The molecule has 1 aliphatic heterocycles. The molecule has 1 heterocycles. The third kappa shape index (κ3) is 2.76. The normalized spacial score (nSPS) is 21.8. The molecule has 3 nitrogen and oxygen atoms in total. The van der Waals surface area contributed by atoms with E-state index in [1.807, 2.05) is 23.1 Å². The first-order valence-electron chi connectivity index (χ1n) is 6.68. The van der Waals surface area contributed by atoms with Crippen molar-refractivity contribution < 1.29 is 4.79 Å². The Morgan fingerprint density at radius 2 is 1.95 bits per heavy atom. The molecule has 2 amide bonds. The van der Waals surface area contributed by atoms with Gasteiger partial charge in [-0.25, -0.2) is 4.79 Å². The standard InChI is InChI=1S/C15H17ClN2O/c16-13-5-7-14(8-6-13)17-15(19)18-9-11-3-1-2-4-12(11)10-18/h1-4,7,13H,5-6,8-10H2,(H,17,19). The number of carbonyl (C=O) groups excluding carboxylic acids is 1. The Balaban J connectivity index is 1.61. The van der Waals surface area contributed by atoms with E-state index in [-0.39, 0.29) is 11.4 Å². The molecule has 19 heavy (non-hydrogen) atoms. The molecule has 0 saturated heterocycles. The summed E-state index contributed by atoms with van der Waals surface area (Å²) in [6, 6.07) is 8.20. The minimum absolute atomic E-state index is 0.00419. The van der Waals surface area contributed by atoms with Crippen LogP contribution in [0.4, 0.5) is 4.79 Å². The van der Waals surface area contributed by atoms with E-state index in [4.69, 9.17) is 11.6 Å². The molecule has 0 spiro atoms. The number of carbonyl (C=O) groups is 1. The molecule has 2 aliphatic rings. The minimum Gasteiger partial charge on any atom is -0.316 e. The van der Waals surface area contributed by atoms with Crippen molar-refractivity contribution in [3.8, 4) is 0 Å². The van der Waals surface area contributed by atoms with Crippen molar-refractivity contribution in [3.63, 3.8) is 0 Å². The Morgan fingerprint density at radius 3 is 2.53 bits per heavy atom. The van der Waals surface area contributed by atoms with Gasteiger partial charge in [0.15, 0.2) is 0 Å². The molecular weight excluding hydrogens is 260 g/mol. The Kier molecular flexibility index (Phi) is 3.47. The molecule has 3 rings (SSSR count). The first-order chi connectivity index (χ1) is 9.22. The van der Waals surface area contributed by atoms with E-state index >= 15 is 0 Å². The van der Waals surface area contributed by atoms with Gasteiger partial charge >= 0.3 is 6.03 Å². The molecule has 1 aromatic rings. The van der Waals surface area contributed by atoms with Crippen LogP contribution in [0, 0.1) is 0 Å². The Labute approximate surface area is 118 Å². The second-order valence-corrected chi connectivity index (χ2v) is 5.77. The number of benzene rings is 1. The summed E-state index contributed by atoms with van der Waals surface area (Å²) in [6.45, 7) is 1.40. The summed E-state index contributed by atoms with van der Waals surface area (Å²) in [5.74, 6) is 0. The Bertz CT molecular complexity index is 502. The summed E-state index contributed by atoms with van der Waals surface area (Å²) >= 11 is 6.04. The maximum absolute atomic E-state index is 12.2. The number of amides is 2. The van der Waals surface area contributed by atoms with Gasteiger partial charge in [0.1, 0.15) is 0 Å². The largest absolute Gasteiger partial charge is 0.322 e. The number of halogens is 1. The fourth-order valence-corrected chi connectivity index (χ4v) is 2.81. The quantitative estimate of drug-likeness (QED) is 0.784. The summed E-state index contributed by atoms with van der Waals surface area (Å²) in [6.07, 6.45) is 4.69. The highest BCUT2D eigenvalue weighted by Gasteiger charge is 2.23. The van der Waals surface area contributed by atoms with Gasteiger partial charge in [-0.2, -0.15) is 0 Å². The highest BCUT2D eigenvalue weighted by Crippen LogP contribution is 2.24. The molecular formula is C15H17ClN2O. The summed E-state index contributed by atoms with van der Waals surface area (Å²) in [5.41, 5.74) is 3.50. The molecule has 1 N–H and O–H groups in total. The predicted molar refractivity (Wildman–Crippen MR) is 75.8 cm³/mol. The number of fused-ring (bicyclic) bond motifs is 1. The highest BCUT2D eigenvalue weighted by atomic mass is 35.5. The zero-order valence-corrected chi connectivity index (χ0v) is 11.5. The fraction of sp³-hybridized carbons (Fsp3) is 0.400. The van der Waals surface area contributed by atoms with Crippen LogP contribution in [0.5, 0.6) is 0 Å². The van der Waals surface area contributed by atoms with Gasteiger partial charge in [-0.1, -0.05) is 30.3 Å². The van der Waals surface area contributed by atoms with Crippen molar-refractivity contribution in [2.24, 2.45) is 0 Å². The summed E-state index contributed by atoms with van der Waals surface area (Å²) in [4.78, 5) is 14.1. The summed E-state index contributed by atoms with van der Waals surface area (Å²) in [5, 5.41) is 3.22. The van der Waals surface area contributed by atoms with Gasteiger partial charge in [-0.15, -0.1) is 11.6 Å². The van der Waals surface area contributed by atoms with E-state index in [2.05, 4.69) is 17.4 Å². The van der Waals surface area contributed by atoms with E-state index < -0.39 is 0 Å². The molecule has 1 unspecified atom stereocenters. The van der Waals surface area contributed by atoms with E-state index in [1.165, 1.54) is 11.1 Å². The van der Waals surface area contributed by atoms with Crippen molar-refractivity contribution >= 4 is 17.6 Å². The second kappa shape index (κ2) is 5.25. The third-order valence-electron chi connectivity index (χ3n) is 3.74. The van der Waals surface area contributed by atoms with Crippen LogP contribution in [-0.4, -0.2) is 16.3 Å². The first kappa shape index (κ1) is 12.5. The lowest BCUT2D eigenvalue weighted by Crippen LogP contribution is -2.36. The van der Waals surface area contributed by atoms with Gasteiger partial charge in [-0.05, 0) is 30.4 Å². The average Bonchev–Trinajstić information content (AvgIpc) is 2.85. The summed E-state index contributed by atoms with van der Waals surface area (Å²) < 4.78 is 0. The molecule has 0 aromatic heterocycles. The maximum atomic E-state index is 12.2. The number of nitrogens with zero attached hydrogens (tertiary/aromatic N) is 1. The van der Waals surface area contributed by atoms with Crippen molar-refractivity contribution in [2.45, 2.75) is 37.7 Å². The highest BCUT2D eigenvalue weighted by molar-refractivity contribution is 6.20. The lowest BCUT2D eigenvalue weighted by molar-refractivity contribution is 0.201. The van der Waals surface area contributed by atoms with Gasteiger partial charge in [0, 0.05) is 24.2 Å². The molecule has 1 aromatic carbocycles. The Morgan fingerprint density at radius 1 is 1.26 bits per heavy atom. The SMILES string of the molecule is O=C(NC1=CCC(Cl)CC1)N1Cc2ccccc2C1. The van der Waals surface area contributed by atoms with Crippen molar-refractivity contribution in [3.05, 3.63) is 47.2 Å². The van der Waals surface area contributed by atoms with Gasteiger partial charge < -0.3 is 10.2 Å². The van der Waals surface area contributed by atoms with Crippen molar-refractivity contribution in [1.29, 1.82) is 0 Å². The number of allylic oxidation sites excluding steroid dienone is 2. The van der Waals surface area contributed by atoms with Crippen molar-refractivity contribution in [2.75, 3.05) is 0 Å². The van der Waals surface area contributed by atoms with Gasteiger partial charge in [0.05, 0.1) is 0 Å². The van der Waals surface area contributed by atoms with Crippen LogP contribution >= 0.6 is 11.6 Å². The zero-order valence-electron chi connectivity index (χ0n) is 10.7. The minimum atomic E-state index is -0.00419. The van der Waals surface area contributed by atoms with Gasteiger partial charge in [-0.3, -0.25) is 0 Å². The van der Waals surface area contributed by atoms with E-state index in [9.17, 15) is 4.79 Å². The van der Waals surface area contributed by atoms with Gasteiger partial charge in [0.2, 0.25) is 0 Å². The number of hydrogen-bond acceptors (Lipinski definition) is 1. The number of hydrogen-bond donors (Lipinski definition) is 1. The molecule has 0 saturated carbocycles. The molecule has 0 bridgehead atoms. The Hall–Kier alpha value is -1.48. The topological polar surface area (TPSA) is 32.3 Å². The smallest absolute Gasteiger partial charge is 0.316 e. The van der Waals surface area contributed by atoms with Crippen LogP contribution in [0.2, 0.25) is 0 Å². The van der Waals surface area contributed by atoms with Crippen LogP contribution in [0.3, 0.4) is 0 Å². The van der Waals surface area contributed by atoms with Crippen LogP contribution < -0.4 is 5.32 Å². The van der Waals surface area contributed by atoms with Crippen LogP contribution in [-0.2, 0) is 13.1 Å². The van der Waals surface area contributed by atoms with E-state index in [1.54, 1.807) is 0 Å². The molecule has 0 fully saturated rings. The monoisotopic (exact) mass is 276 g/mol. The van der Waals surface area contributed by atoms with E-state index in [0.29, 0.717) is 13.1 Å². The molecule has 0 radical (unpaired) electrons. The zero-order chi connectivity index (χ0) is 13.2. The lowest BCUT2D eigenvalue weighted by atomic mass is 10.0. The number of urea groups is 1. The van der Waals surface area contributed by atoms with Crippen molar-refractivity contribution in [1.82, 2.24) is 10.2 Å². The first-order valence-corrected chi connectivity index (χ1v) is 7.12. The predicted octanol–water partition coefficient (Wildman–Crippen LogP) is 3.39. The van der Waals surface area contributed by atoms with Crippen LogP contribution in [0.25, 0.3) is 0 Å². The number of nitrogens with one attached hydrogen (secondary N) is 1. The molecule has 1 atom stereocenters.